The van der Waals surface area contributed by atoms with Gasteiger partial charge in [-0.2, -0.15) is 0 Å². The summed E-state index contributed by atoms with van der Waals surface area (Å²) in [5.74, 6) is 0. The van der Waals surface area contributed by atoms with Gasteiger partial charge in [-0.25, -0.2) is 0 Å². The number of hydrogen-bond donors (Lipinski definition) is 1. The highest BCUT2D eigenvalue weighted by Gasteiger charge is 2.09. The molecule has 0 aliphatic rings. The maximum atomic E-state index is 6.29. The first-order chi connectivity index (χ1) is 9.75. The van der Waals surface area contributed by atoms with Crippen LogP contribution in [-0.2, 0) is 6.54 Å². The van der Waals surface area contributed by atoms with Gasteiger partial charge in [0.15, 0.2) is 0 Å². The van der Waals surface area contributed by atoms with Crippen molar-refractivity contribution in [3.05, 3.63) is 60.7 Å². The second-order valence-electron chi connectivity index (χ2n) is 4.81. The van der Waals surface area contributed by atoms with E-state index in [9.17, 15) is 0 Å². The van der Waals surface area contributed by atoms with Gasteiger partial charge in [-0.15, -0.1) is 0 Å². The molecule has 0 unspecified atom stereocenters. The molecule has 0 saturated heterocycles. The maximum absolute atomic E-state index is 6.29. The molecule has 100 valence electrons. The van der Waals surface area contributed by atoms with Crippen LogP contribution in [0.1, 0.15) is 5.56 Å². The Balaban J connectivity index is 1.95. The molecule has 3 rings (SSSR count). The number of nitrogens with two attached hydrogens (primary N) is 1. The van der Waals surface area contributed by atoms with Crippen molar-refractivity contribution in [2.24, 2.45) is 0 Å². The molecule has 0 saturated carbocycles. The predicted octanol–water partition coefficient (Wildman–Crippen LogP) is 2.85. The second kappa shape index (κ2) is 5.17. The fraction of sp³-hybridized carbons (Fsp3) is 0.125. The first-order valence-electron chi connectivity index (χ1n) is 6.48. The lowest BCUT2D eigenvalue weighted by Gasteiger charge is -2.22. The average Bonchev–Trinajstić information content (AvgIpc) is 2.49. The molecule has 0 spiro atoms. The number of aromatic nitrogens is 2. The van der Waals surface area contributed by atoms with Crippen LogP contribution < -0.4 is 10.6 Å². The molecule has 0 amide bonds. The number of nitrogen functional groups attached to an aromatic ring is 1. The minimum Gasteiger partial charge on any atom is -0.397 e. The molecule has 3 aromatic rings. The van der Waals surface area contributed by atoms with E-state index in [0.717, 1.165) is 34.3 Å². The third kappa shape index (κ3) is 2.28. The summed E-state index contributed by atoms with van der Waals surface area (Å²) in [7, 11) is 2.03. The Hall–Kier alpha value is -2.62. The van der Waals surface area contributed by atoms with Crippen LogP contribution in [0.5, 0.6) is 0 Å². The number of benzene rings is 1. The van der Waals surface area contributed by atoms with Crippen LogP contribution in [-0.4, -0.2) is 17.0 Å². The lowest BCUT2D eigenvalue weighted by molar-refractivity contribution is 0.918. The van der Waals surface area contributed by atoms with E-state index in [1.165, 1.54) is 0 Å². The molecule has 0 radical (unpaired) electrons. The Morgan fingerprint density at radius 1 is 1.05 bits per heavy atom. The largest absolute Gasteiger partial charge is 0.397 e. The van der Waals surface area contributed by atoms with Gasteiger partial charge in [-0.1, -0.05) is 12.1 Å². The van der Waals surface area contributed by atoms with Crippen LogP contribution in [0.15, 0.2) is 55.1 Å². The van der Waals surface area contributed by atoms with Crippen molar-refractivity contribution in [1.82, 2.24) is 9.97 Å². The fourth-order valence-electron chi connectivity index (χ4n) is 2.36. The summed E-state index contributed by atoms with van der Waals surface area (Å²) in [5, 5.41) is 2.10. The fourth-order valence-corrected chi connectivity index (χ4v) is 2.36. The summed E-state index contributed by atoms with van der Waals surface area (Å²) in [6, 6.07) is 10.0. The van der Waals surface area contributed by atoms with Crippen LogP contribution >= 0.6 is 0 Å². The predicted molar refractivity (Wildman–Crippen MR) is 82.5 cm³/mol. The van der Waals surface area contributed by atoms with Gasteiger partial charge in [-0.3, -0.25) is 9.97 Å². The maximum Gasteiger partial charge on any atom is 0.0632 e. The van der Waals surface area contributed by atoms with Crippen LogP contribution in [0.2, 0.25) is 0 Å². The Bertz CT molecular complexity index is 725. The summed E-state index contributed by atoms with van der Waals surface area (Å²) in [5.41, 5.74) is 9.25. The van der Waals surface area contributed by atoms with Gasteiger partial charge in [0.05, 0.1) is 11.4 Å². The molecule has 1 aromatic carbocycles. The van der Waals surface area contributed by atoms with Crippen molar-refractivity contribution >= 4 is 22.1 Å². The topological polar surface area (TPSA) is 55.0 Å². The van der Waals surface area contributed by atoms with Gasteiger partial charge in [-0.05, 0) is 23.8 Å². The van der Waals surface area contributed by atoms with Crippen LogP contribution in [0.3, 0.4) is 0 Å². The molecule has 0 bridgehead atoms. The highest BCUT2D eigenvalue weighted by molar-refractivity contribution is 5.98. The third-order valence-corrected chi connectivity index (χ3v) is 3.39. The number of rotatable bonds is 3. The average molecular weight is 264 g/mol. The lowest BCUT2D eigenvalue weighted by atomic mass is 10.1. The van der Waals surface area contributed by atoms with Gasteiger partial charge in [0.1, 0.15) is 0 Å². The zero-order chi connectivity index (χ0) is 13.9. The molecule has 2 heterocycles. The van der Waals surface area contributed by atoms with E-state index in [2.05, 4.69) is 20.9 Å². The zero-order valence-corrected chi connectivity index (χ0v) is 11.3. The molecule has 4 heteroatoms. The van der Waals surface area contributed by atoms with E-state index < -0.39 is 0 Å². The monoisotopic (exact) mass is 264 g/mol. The molecule has 0 aliphatic carbocycles. The molecule has 0 aliphatic heterocycles. The number of fused-ring (bicyclic) bond motifs is 1. The van der Waals surface area contributed by atoms with Crippen molar-refractivity contribution in [3.8, 4) is 0 Å². The Labute approximate surface area is 117 Å². The normalized spacial score (nSPS) is 10.7. The first kappa shape index (κ1) is 12.4. The Morgan fingerprint density at radius 2 is 1.90 bits per heavy atom. The minimum atomic E-state index is 0.772. The quantitative estimate of drug-likeness (QED) is 0.739. The number of anilines is 2. The van der Waals surface area contributed by atoms with E-state index in [0.29, 0.717) is 0 Å². The summed E-state index contributed by atoms with van der Waals surface area (Å²) in [6.07, 6.45) is 7.25. The third-order valence-electron chi connectivity index (χ3n) is 3.39. The molecule has 0 atom stereocenters. The molecule has 0 fully saturated rings. The van der Waals surface area contributed by atoms with Crippen LogP contribution in [0, 0.1) is 0 Å². The van der Waals surface area contributed by atoms with Crippen molar-refractivity contribution in [2.45, 2.75) is 6.54 Å². The lowest BCUT2D eigenvalue weighted by Crippen LogP contribution is -2.18. The Kier molecular flexibility index (Phi) is 3.21. The first-order valence-corrected chi connectivity index (χ1v) is 6.48. The highest BCUT2D eigenvalue weighted by atomic mass is 15.1. The molecule has 2 aromatic heterocycles. The van der Waals surface area contributed by atoms with Crippen molar-refractivity contribution in [2.75, 3.05) is 17.7 Å². The zero-order valence-electron chi connectivity index (χ0n) is 11.3. The second-order valence-corrected chi connectivity index (χ2v) is 4.81. The smallest absolute Gasteiger partial charge is 0.0632 e. The molecular weight excluding hydrogens is 248 g/mol. The molecular formula is C16H16N4. The summed E-state index contributed by atoms with van der Waals surface area (Å²) < 4.78 is 0. The van der Waals surface area contributed by atoms with Gasteiger partial charge in [0, 0.05) is 49.2 Å². The molecule has 4 nitrogen and oxygen atoms in total. The van der Waals surface area contributed by atoms with Gasteiger partial charge < -0.3 is 10.6 Å². The SMILES string of the molecule is CN(Cc1cccnc1)c1ccc2cnccc2c1N. The van der Waals surface area contributed by atoms with Crippen molar-refractivity contribution in [1.29, 1.82) is 0 Å². The van der Waals surface area contributed by atoms with Gasteiger partial charge in [0.25, 0.3) is 0 Å². The van der Waals surface area contributed by atoms with E-state index >= 15 is 0 Å². The number of nitrogens with zero attached hydrogens (tertiary/aromatic N) is 3. The van der Waals surface area contributed by atoms with E-state index in [1.807, 2.05) is 43.7 Å². The van der Waals surface area contributed by atoms with Gasteiger partial charge in [0.2, 0.25) is 0 Å². The van der Waals surface area contributed by atoms with E-state index in [-0.39, 0.29) is 0 Å². The van der Waals surface area contributed by atoms with E-state index in [4.69, 9.17) is 5.73 Å². The number of pyridine rings is 2. The summed E-state index contributed by atoms with van der Waals surface area (Å²) in [6.45, 7) is 0.772. The molecule has 2 N–H and O–H groups in total. The highest BCUT2D eigenvalue weighted by Crippen LogP contribution is 2.30. The van der Waals surface area contributed by atoms with Crippen molar-refractivity contribution < 1.29 is 0 Å². The van der Waals surface area contributed by atoms with E-state index in [1.54, 1.807) is 12.4 Å². The van der Waals surface area contributed by atoms with Crippen LogP contribution in [0.25, 0.3) is 10.8 Å². The van der Waals surface area contributed by atoms with Gasteiger partial charge >= 0.3 is 0 Å². The standard InChI is InChI=1S/C16H16N4/c1-20(11-12-3-2-7-18-9-12)15-5-4-13-10-19-8-6-14(13)16(15)17/h2-10H,11,17H2,1H3. The Morgan fingerprint density at radius 3 is 2.70 bits per heavy atom. The van der Waals surface area contributed by atoms with Crippen molar-refractivity contribution in [3.63, 3.8) is 0 Å². The summed E-state index contributed by atoms with van der Waals surface area (Å²) >= 11 is 0. The molecule has 20 heavy (non-hydrogen) atoms. The minimum absolute atomic E-state index is 0.772. The summed E-state index contributed by atoms with van der Waals surface area (Å²) in [4.78, 5) is 10.4. The number of hydrogen-bond acceptors (Lipinski definition) is 4. The van der Waals surface area contributed by atoms with Crippen LogP contribution in [0.4, 0.5) is 11.4 Å².